The van der Waals surface area contributed by atoms with Crippen molar-refractivity contribution >= 4 is 34.5 Å². The van der Waals surface area contributed by atoms with E-state index in [1.807, 2.05) is 35.2 Å². The fourth-order valence-electron chi connectivity index (χ4n) is 3.37. The van der Waals surface area contributed by atoms with Crippen LogP contribution in [-0.4, -0.2) is 60.9 Å². The topological polar surface area (TPSA) is 92.8 Å². The minimum atomic E-state index is -4.96. The Bertz CT molecular complexity index is 1180. The molecule has 1 aromatic heterocycles. The van der Waals surface area contributed by atoms with E-state index >= 15 is 0 Å². The Morgan fingerprint density at radius 1 is 1.09 bits per heavy atom. The first kappa shape index (κ1) is 24.6. The van der Waals surface area contributed by atoms with Crippen molar-refractivity contribution in [3.63, 3.8) is 0 Å². The molecule has 35 heavy (non-hydrogen) atoms. The van der Waals surface area contributed by atoms with Crippen LogP contribution in [0.1, 0.15) is 9.80 Å². The molecular weight excluding hydrogens is 485 g/mol. The Kier molecular flexibility index (Phi) is 7.63. The van der Waals surface area contributed by atoms with Gasteiger partial charge in [-0.2, -0.15) is 0 Å². The van der Waals surface area contributed by atoms with Crippen LogP contribution >= 0.6 is 11.3 Å². The van der Waals surface area contributed by atoms with Crippen LogP contribution in [0.2, 0.25) is 0 Å². The van der Waals surface area contributed by atoms with E-state index in [0.29, 0.717) is 26.3 Å². The van der Waals surface area contributed by atoms with E-state index in [0.717, 1.165) is 16.5 Å². The number of morpholine rings is 1. The third-order valence-electron chi connectivity index (χ3n) is 4.97. The average molecular weight is 507 g/mol. The van der Waals surface area contributed by atoms with Gasteiger partial charge in [0.2, 0.25) is 5.91 Å². The highest BCUT2D eigenvalue weighted by molar-refractivity contribution is 7.17. The fourth-order valence-corrected chi connectivity index (χ4v) is 4.19. The largest absolute Gasteiger partial charge is 0.573 e. The molecule has 0 atom stereocenters. The van der Waals surface area contributed by atoms with Gasteiger partial charge in [0.15, 0.2) is 10.8 Å². The number of carbonyl (C=O) groups is 2. The number of hydrogen-bond donors (Lipinski definition) is 2. The first-order valence-corrected chi connectivity index (χ1v) is 11.4. The number of hydrogen-bond acceptors (Lipinski definition) is 7. The SMILES string of the molecule is O=C(CN1CCOCC1)Nc1cc(NC(=O)c2ncc(-c3ccccc3)s2)ccc1OC(F)(F)F. The Hall–Kier alpha value is -3.48. The van der Waals surface area contributed by atoms with Crippen LogP contribution in [0.5, 0.6) is 5.75 Å². The van der Waals surface area contributed by atoms with Crippen LogP contribution in [0, 0.1) is 0 Å². The Balaban J connectivity index is 1.49. The van der Waals surface area contributed by atoms with Crippen LogP contribution in [0.4, 0.5) is 24.5 Å². The van der Waals surface area contributed by atoms with Gasteiger partial charge in [-0.3, -0.25) is 14.5 Å². The van der Waals surface area contributed by atoms with Crippen LogP contribution in [0.15, 0.2) is 54.7 Å². The molecule has 2 heterocycles. The van der Waals surface area contributed by atoms with Crippen LogP contribution in [-0.2, 0) is 9.53 Å². The summed E-state index contributed by atoms with van der Waals surface area (Å²) in [6.45, 7) is 2.00. The Morgan fingerprint density at radius 3 is 2.54 bits per heavy atom. The van der Waals surface area contributed by atoms with Gasteiger partial charge in [-0.15, -0.1) is 24.5 Å². The number of alkyl halides is 3. The predicted octanol–water partition coefficient (Wildman–Crippen LogP) is 4.23. The number of anilines is 2. The molecule has 2 amide bonds. The van der Waals surface area contributed by atoms with E-state index in [2.05, 4.69) is 20.4 Å². The second kappa shape index (κ2) is 10.8. The molecule has 2 N–H and O–H groups in total. The number of carbonyl (C=O) groups excluding carboxylic acids is 2. The molecule has 2 aromatic carbocycles. The van der Waals surface area contributed by atoms with E-state index in [4.69, 9.17) is 4.74 Å². The molecule has 0 radical (unpaired) electrons. The van der Waals surface area contributed by atoms with Gasteiger partial charge < -0.3 is 20.1 Å². The number of halogens is 3. The molecule has 1 aliphatic rings. The predicted molar refractivity (Wildman–Crippen MR) is 125 cm³/mol. The van der Waals surface area contributed by atoms with E-state index in [1.54, 1.807) is 6.20 Å². The van der Waals surface area contributed by atoms with Gasteiger partial charge >= 0.3 is 6.36 Å². The number of rotatable bonds is 7. The molecule has 1 aliphatic heterocycles. The smallest absolute Gasteiger partial charge is 0.404 e. The monoisotopic (exact) mass is 506 g/mol. The average Bonchev–Trinajstić information content (AvgIpc) is 3.32. The van der Waals surface area contributed by atoms with Crippen LogP contribution in [0.3, 0.4) is 0 Å². The highest BCUT2D eigenvalue weighted by atomic mass is 32.1. The van der Waals surface area contributed by atoms with Gasteiger partial charge in [-0.05, 0) is 23.8 Å². The Labute approximate surface area is 202 Å². The third-order valence-corrected chi connectivity index (χ3v) is 6.01. The molecule has 1 saturated heterocycles. The number of ether oxygens (including phenoxy) is 2. The molecule has 0 unspecified atom stereocenters. The normalized spacial score (nSPS) is 14.4. The van der Waals surface area contributed by atoms with E-state index in [9.17, 15) is 22.8 Å². The zero-order valence-electron chi connectivity index (χ0n) is 18.3. The zero-order valence-corrected chi connectivity index (χ0v) is 19.1. The molecule has 1 fully saturated rings. The fraction of sp³-hybridized carbons (Fsp3) is 0.261. The van der Waals surface area contributed by atoms with Crippen LogP contribution < -0.4 is 15.4 Å². The van der Waals surface area contributed by atoms with Crippen molar-refractivity contribution in [3.05, 3.63) is 59.7 Å². The van der Waals surface area contributed by atoms with E-state index < -0.39 is 23.9 Å². The maximum atomic E-state index is 12.9. The van der Waals surface area contributed by atoms with Gasteiger partial charge in [0, 0.05) is 25.0 Å². The first-order valence-electron chi connectivity index (χ1n) is 10.6. The van der Waals surface area contributed by atoms with Crippen LogP contribution in [0.25, 0.3) is 10.4 Å². The zero-order chi connectivity index (χ0) is 24.8. The minimum absolute atomic E-state index is 0.0210. The highest BCUT2D eigenvalue weighted by Crippen LogP contribution is 2.33. The number of aromatic nitrogens is 1. The molecule has 0 bridgehead atoms. The highest BCUT2D eigenvalue weighted by Gasteiger charge is 2.32. The van der Waals surface area contributed by atoms with Crippen molar-refractivity contribution in [1.82, 2.24) is 9.88 Å². The number of nitrogens with one attached hydrogen (secondary N) is 2. The standard InChI is InChI=1S/C23H21F3N4O4S/c24-23(25,26)34-18-7-6-16(12-17(18)29-20(31)14-30-8-10-33-11-9-30)28-21(32)22-27-13-19(35-22)15-4-2-1-3-5-15/h1-7,12-13H,8-11,14H2,(H,28,32)(H,29,31). The number of thiazole rings is 1. The lowest BCUT2D eigenvalue weighted by Crippen LogP contribution is -2.41. The third kappa shape index (κ3) is 7.01. The van der Waals surface area contributed by atoms with Crippen molar-refractivity contribution in [2.75, 3.05) is 43.5 Å². The molecule has 0 saturated carbocycles. The lowest BCUT2D eigenvalue weighted by Gasteiger charge is -2.26. The molecular formula is C23H21F3N4O4S. The summed E-state index contributed by atoms with van der Waals surface area (Å²) >= 11 is 1.18. The summed E-state index contributed by atoms with van der Waals surface area (Å²) in [6, 6.07) is 12.9. The summed E-state index contributed by atoms with van der Waals surface area (Å²) in [6.07, 6.45) is -3.38. The lowest BCUT2D eigenvalue weighted by atomic mass is 10.2. The number of benzene rings is 2. The summed E-state index contributed by atoms with van der Waals surface area (Å²) in [5, 5.41) is 5.23. The summed E-state index contributed by atoms with van der Waals surface area (Å²) in [5.74, 6) is -1.64. The molecule has 0 aliphatic carbocycles. The minimum Gasteiger partial charge on any atom is -0.404 e. The molecule has 0 spiro atoms. The van der Waals surface area contributed by atoms with Crippen molar-refractivity contribution in [1.29, 1.82) is 0 Å². The number of nitrogens with zero attached hydrogens (tertiary/aromatic N) is 2. The molecule has 184 valence electrons. The summed E-state index contributed by atoms with van der Waals surface area (Å²) in [4.78, 5) is 31.9. The van der Waals surface area contributed by atoms with E-state index in [-0.39, 0.29) is 22.9 Å². The maximum Gasteiger partial charge on any atom is 0.573 e. The van der Waals surface area contributed by atoms with Crippen molar-refractivity contribution in [3.8, 4) is 16.2 Å². The van der Waals surface area contributed by atoms with E-state index in [1.165, 1.54) is 23.5 Å². The quantitative estimate of drug-likeness (QED) is 0.498. The van der Waals surface area contributed by atoms with Gasteiger partial charge in [0.05, 0.1) is 30.3 Å². The molecule has 12 heteroatoms. The van der Waals surface area contributed by atoms with Crippen molar-refractivity contribution < 1.29 is 32.2 Å². The van der Waals surface area contributed by atoms with Gasteiger partial charge in [-0.25, -0.2) is 4.98 Å². The second-order valence-electron chi connectivity index (χ2n) is 7.55. The van der Waals surface area contributed by atoms with Gasteiger partial charge in [0.1, 0.15) is 0 Å². The molecule has 8 nitrogen and oxygen atoms in total. The molecule has 3 aromatic rings. The molecule has 4 rings (SSSR count). The Morgan fingerprint density at radius 2 is 1.83 bits per heavy atom. The van der Waals surface area contributed by atoms with Gasteiger partial charge in [-0.1, -0.05) is 30.3 Å². The number of amides is 2. The summed E-state index contributed by atoms with van der Waals surface area (Å²) < 4.78 is 47.9. The summed E-state index contributed by atoms with van der Waals surface area (Å²) in [5.41, 5.74) is 0.855. The lowest BCUT2D eigenvalue weighted by molar-refractivity contribution is -0.274. The van der Waals surface area contributed by atoms with Gasteiger partial charge in [0.25, 0.3) is 5.91 Å². The first-order chi connectivity index (χ1) is 16.8. The maximum absolute atomic E-state index is 12.9. The van der Waals surface area contributed by atoms with Crippen molar-refractivity contribution in [2.45, 2.75) is 6.36 Å². The summed E-state index contributed by atoms with van der Waals surface area (Å²) in [7, 11) is 0. The second-order valence-corrected chi connectivity index (χ2v) is 8.58. The van der Waals surface area contributed by atoms with Crippen molar-refractivity contribution in [2.24, 2.45) is 0 Å².